The van der Waals surface area contributed by atoms with Gasteiger partial charge in [-0.25, -0.2) is 4.39 Å². The lowest BCUT2D eigenvalue weighted by Crippen LogP contribution is -2.33. The second kappa shape index (κ2) is 3.68. The molecule has 5 nitrogen and oxygen atoms in total. The molecule has 0 aromatic heterocycles. The molecule has 0 radical (unpaired) electrons. The second-order valence-corrected chi connectivity index (χ2v) is 2.46. The summed E-state index contributed by atoms with van der Waals surface area (Å²) in [5.41, 5.74) is -1.79. The molecular weight excluding hydrogens is 199 g/mol. The Kier molecular flexibility index (Phi) is 2.77. The van der Waals surface area contributed by atoms with Crippen LogP contribution in [0.25, 0.3) is 0 Å². The molecule has 0 bridgehead atoms. The zero-order valence-electron chi connectivity index (χ0n) is 6.65. The van der Waals surface area contributed by atoms with E-state index in [4.69, 9.17) is 10.0 Å². The van der Waals surface area contributed by atoms with Gasteiger partial charge in [-0.2, -0.15) is 4.39 Å². The van der Waals surface area contributed by atoms with Gasteiger partial charge in [-0.3, -0.25) is 10.1 Å². The zero-order chi connectivity index (χ0) is 10.9. The molecule has 0 aliphatic heterocycles. The Bertz CT molecular complexity index is 384. The summed E-state index contributed by atoms with van der Waals surface area (Å²) in [4.78, 5) is 9.02. The molecule has 8 heteroatoms. The Balaban J connectivity index is 3.31. The van der Waals surface area contributed by atoms with Gasteiger partial charge in [0.15, 0.2) is 5.82 Å². The maximum absolute atomic E-state index is 12.9. The highest BCUT2D eigenvalue weighted by Gasteiger charge is 2.23. The lowest BCUT2D eigenvalue weighted by molar-refractivity contribution is -0.387. The van der Waals surface area contributed by atoms with Gasteiger partial charge in [0.1, 0.15) is 5.82 Å². The number of hydrogen-bond acceptors (Lipinski definition) is 4. The van der Waals surface area contributed by atoms with Crippen molar-refractivity contribution in [2.75, 3.05) is 0 Å². The van der Waals surface area contributed by atoms with Gasteiger partial charge in [0.2, 0.25) is 0 Å². The van der Waals surface area contributed by atoms with Gasteiger partial charge in [0, 0.05) is 5.46 Å². The number of nitro benzene ring substituents is 1. The highest BCUT2D eigenvalue weighted by molar-refractivity contribution is 6.58. The van der Waals surface area contributed by atoms with Gasteiger partial charge >= 0.3 is 12.8 Å². The Morgan fingerprint density at radius 3 is 2.29 bits per heavy atom. The van der Waals surface area contributed by atoms with E-state index in [1.165, 1.54) is 0 Å². The summed E-state index contributed by atoms with van der Waals surface area (Å²) >= 11 is 0. The van der Waals surface area contributed by atoms with Crippen LogP contribution in [-0.2, 0) is 0 Å². The number of benzene rings is 1. The molecule has 0 atom stereocenters. The van der Waals surface area contributed by atoms with E-state index >= 15 is 0 Å². The lowest BCUT2D eigenvalue weighted by atomic mass is 9.80. The minimum atomic E-state index is -2.20. The molecule has 1 rings (SSSR count). The van der Waals surface area contributed by atoms with Gasteiger partial charge in [-0.05, 0) is 6.07 Å². The summed E-state index contributed by atoms with van der Waals surface area (Å²) < 4.78 is 25.7. The van der Waals surface area contributed by atoms with Crippen LogP contribution >= 0.6 is 0 Å². The first kappa shape index (κ1) is 10.5. The van der Waals surface area contributed by atoms with Crippen LogP contribution in [0.3, 0.4) is 0 Å². The molecule has 0 heterocycles. The van der Waals surface area contributed by atoms with Gasteiger partial charge in [-0.15, -0.1) is 0 Å². The highest BCUT2D eigenvalue weighted by Crippen LogP contribution is 2.16. The van der Waals surface area contributed by atoms with Crippen molar-refractivity contribution in [1.82, 2.24) is 0 Å². The van der Waals surface area contributed by atoms with Crippen LogP contribution < -0.4 is 5.46 Å². The number of halogens is 2. The molecule has 0 saturated carbocycles. The number of nitrogens with zero attached hydrogens (tertiary/aromatic N) is 1. The van der Waals surface area contributed by atoms with Crippen LogP contribution in [0.5, 0.6) is 0 Å². The van der Waals surface area contributed by atoms with E-state index in [9.17, 15) is 18.9 Å². The van der Waals surface area contributed by atoms with E-state index in [0.717, 1.165) is 0 Å². The van der Waals surface area contributed by atoms with E-state index in [0.29, 0.717) is 12.1 Å². The molecule has 14 heavy (non-hydrogen) atoms. The van der Waals surface area contributed by atoms with Gasteiger partial charge in [0.25, 0.3) is 0 Å². The van der Waals surface area contributed by atoms with Crippen molar-refractivity contribution in [3.8, 4) is 0 Å². The van der Waals surface area contributed by atoms with E-state index in [2.05, 4.69) is 0 Å². The van der Waals surface area contributed by atoms with Crippen molar-refractivity contribution in [2.24, 2.45) is 0 Å². The quantitative estimate of drug-likeness (QED) is 0.387. The third kappa shape index (κ3) is 1.86. The summed E-state index contributed by atoms with van der Waals surface area (Å²) in [7, 11) is -2.20. The van der Waals surface area contributed by atoms with Crippen molar-refractivity contribution in [3.63, 3.8) is 0 Å². The monoisotopic (exact) mass is 203 g/mol. The van der Waals surface area contributed by atoms with Gasteiger partial charge < -0.3 is 10.0 Å². The maximum Gasteiger partial charge on any atom is 0.491 e. The molecule has 0 aliphatic carbocycles. The third-order valence-corrected chi connectivity index (χ3v) is 1.54. The standard InChI is InChI=1S/C6H4BF2NO4/c8-4-2-6(10(13)14)5(9)1-3(4)7(11)12/h1-2,11-12H. The first-order valence-corrected chi connectivity index (χ1v) is 3.43. The number of hydrogen-bond donors (Lipinski definition) is 2. The third-order valence-electron chi connectivity index (χ3n) is 1.54. The second-order valence-electron chi connectivity index (χ2n) is 2.46. The van der Waals surface area contributed by atoms with Crippen molar-refractivity contribution in [1.29, 1.82) is 0 Å². The first-order valence-electron chi connectivity index (χ1n) is 3.43. The van der Waals surface area contributed by atoms with E-state index < -0.39 is 34.8 Å². The molecule has 0 fully saturated rings. The van der Waals surface area contributed by atoms with Gasteiger partial charge in [0.05, 0.1) is 11.0 Å². The molecule has 2 N–H and O–H groups in total. The van der Waals surface area contributed by atoms with Crippen molar-refractivity contribution >= 4 is 18.3 Å². The van der Waals surface area contributed by atoms with E-state index in [1.807, 2.05) is 0 Å². The summed E-state index contributed by atoms with van der Waals surface area (Å²) in [5, 5.41) is 27.2. The smallest absolute Gasteiger partial charge is 0.423 e. The van der Waals surface area contributed by atoms with E-state index in [-0.39, 0.29) is 0 Å². The molecule has 0 saturated heterocycles. The van der Waals surface area contributed by atoms with Crippen LogP contribution in [0.2, 0.25) is 0 Å². The van der Waals surface area contributed by atoms with Crippen LogP contribution in [0.1, 0.15) is 0 Å². The Morgan fingerprint density at radius 1 is 1.29 bits per heavy atom. The zero-order valence-corrected chi connectivity index (χ0v) is 6.65. The topological polar surface area (TPSA) is 83.6 Å². The molecule has 0 spiro atoms. The predicted octanol–water partition coefficient (Wildman–Crippen LogP) is -0.447. The number of rotatable bonds is 2. The lowest BCUT2D eigenvalue weighted by Gasteiger charge is -2.01. The molecule has 1 aromatic rings. The van der Waals surface area contributed by atoms with Crippen LogP contribution in [0.15, 0.2) is 12.1 Å². The largest absolute Gasteiger partial charge is 0.491 e. The van der Waals surface area contributed by atoms with E-state index in [1.54, 1.807) is 0 Å². The maximum atomic E-state index is 12.9. The fourth-order valence-electron chi connectivity index (χ4n) is 0.890. The molecule has 0 aliphatic rings. The summed E-state index contributed by atoms with van der Waals surface area (Å²) in [5.74, 6) is -2.56. The van der Waals surface area contributed by atoms with Crippen LogP contribution in [0, 0.1) is 21.7 Å². The number of nitro groups is 1. The molecule has 1 aromatic carbocycles. The Labute approximate surface area is 76.9 Å². The summed E-state index contributed by atoms with van der Waals surface area (Å²) in [6.07, 6.45) is 0. The summed E-state index contributed by atoms with van der Waals surface area (Å²) in [6.45, 7) is 0. The van der Waals surface area contributed by atoms with Crippen LogP contribution in [0.4, 0.5) is 14.5 Å². The normalized spacial score (nSPS) is 10.0. The van der Waals surface area contributed by atoms with Crippen molar-refractivity contribution in [3.05, 3.63) is 33.9 Å². The predicted molar refractivity (Wildman–Crippen MR) is 42.8 cm³/mol. The average Bonchev–Trinajstić information content (AvgIpc) is 2.07. The molecular formula is C6H4BF2NO4. The first-order chi connectivity index (χ1) is 6.43. The minimum absolute atomic E-state index is 0.296. The fourth-order valence-corrected chi connectivity index (χ4v) is 0.890. The minimum Gasteiger partial charge on any atom is -0.423 e. The Morgan fingerprint density at radius 2 is 1.86 bits per heavy atom. The SMILES string of the molecule is O=[N+]([O-])c1cc(F)c(B(O)O)cc1F. The molecule has 74 valence electrons. The fraction of sp³-hybridized carbons (Fsp3) is 0. The average molecular weight is 203 g/mol. The van der Waals surface area contributed by atoms with Crippen molar-refractivity contribution < 1.29 is 23.8 Å². The van der Waals surface area contributed by atoms with Gasteiger partial charge in [-0.1, -0.05) is 0 Å². The Hall–Kier alpha value is -1.54. The van der Waals surface area contributed by atoms with Crippen LogP contribution in [-0.4, -0.2) is 22.1 Å². The highest BCUT2D eigenvalue weighted by atomic mass is 19.1. The molecule has 0 unspecified atom stereocenters. The van der Waals surface area contributed by atoms with Crippen molar-refractivity contribution in [2.45, 2.75) is 0 Å². The molecule has 0 amide bonds. The summed E-state index contributed by atoms with van der Waals surface area (Å²) in [6, 6.07) is 0.669.